The second-order valence-electron chi connectivity index (χ2n) is 6.75. The molecular weight excluding hydrogens is 342 g/mol. The van der Waals surface area contributed by atoms with Crippen molar-refractivity contribution in [2.45, 2.75) is 32.6 Å². The van der Waals surface area contributed by atoms with E-state index < -0.39 is 5.92 Å². The Labute approximate surface area is 148 Å². The second-order valence-corrected chi connectivity index (χ2v) is 7.84. The lowest BCUT2D eigenvalue weighted by molar-refractivity contribution is -0.0220. The minimum atomic E-state index is -2.55. The number of aryl methyl sites for hydroxylation is 2. The Balaban J connectivity index is 1.83. The Bertz CT molecular complexity index is 989. The van der Waals surface area contributed by atoms with Crippen LogP contribution in [0.1, 0.15) is 24.0 Å². The molecule has 0 radical (unpaired) electrons. The number of nitrogens with zero attached hydrogens (tertiary/aromatic N) is 2. The fourth-order valence-electron chi connectivity index (χ4n) is 3.39. The van der Waals surface area contributed by atoms with Crippen molar-refractivity contribution >= 4 is 27.2 Å². The molecule has 25 heavy (non-hydrogen) atoms. The molecule has 1 fully saturated rings. The first-order valence-corrected chi connectivity index (χ1v) is 9.13. The van der Waals surface area contributed by atoms with Crippen LogP contribution in [0.15, 0.2) is 29.1 Å². The van der Waals surface area contributed by atoms with Crippen LogP contribution in [0.3, 0.4) is 0 Å². The lowest BCUT2D eigenvalue weighted by Crippen LogP contribution is -2.39. The van der Waals surface area contributed by atoms with Crippen LogP contribution in [0.4, 0.5) is 14.5 Å². The third kappa shape index (κ3) is 2.99. The Morgan fingerprint density at radius 3 is 2.52 bits per heavy atom. The summed E-state index contributed by atoms with van der Waals surface area (Å²) < 4.78 is 27.8. The summed E-state index contributed by atoms with van der Waals surface area (Å²) >= 11 is 1.53. The zero-order chi connectivity index (χ0) is 17.8. The lowest BCUT2D eigenvalue weighted by Gasteiger charge is -2.33. The summed E-state index contributed by atoms with van der Waals surface area (Å²) in [6.07, 6.45) is -0.218. The van der Waals surface area contributed by atoms with Crippen molar-refractivity contribution in [3.8, 4) is 10.6 Å². The minimum Gasteiger partial charge on any atom is -0.371 e. The quantitative estimate of drug-likeness (QED) is 0.594. The van der Waals surface area contributed by atoms with E-state index in [1.807, 2.05) is 30.9 Å². The minimum absolute atomic E-state index is 0.0199. The van der Waals surface area contributed by atoms with Crippen molar-refractivity contribution in [1.29, 1.82) is 0 Å². The van der Waals surface area contributed by atoms with Gasteiger partial charge >= 0.3 is 0 Å². The standard InChI is InChI=1S/C19H18F2N2OS/c1-11-7-13(23-5-3-19(20,21)4-6-23)9-15-17(11)22-18-12(2)8-14(24)10-16(18)25-15/h7-10H,3-6H2,1-2H3. The molecule has 3 aliphatic rings. The molecule has 0 atom stereocenters. The van der Waals surface area contributed by atoms with Crippen molar-refractivity contribution in [1.82, 2.24) is 4.98 Å². The molecule has 4 rings (SSSR count). The van der Waals surface area contributed by atoms with E-state index in [0.29, 0.717) is 13.1 Å². The average Bonchev–Trinajstić information content (AvgIpc) is 2.53. The van der Waals surface area contributed by atoms with Crippen LogP contribution in [0.2, 0.25) is 0 Å². The largest absolute Gasteiger partial charge is 0.371 e. The van der Waals surface area contributed by atoms with Crippen LogP contribution in [0, 0.1) is 13.8 Å². The molecule has 1 aromatic carbocycles. The van der Waals surface area contributed by atoms with Crippen LogP contribution < -0.4 is 10.3 Å². The molecule has 1 aromatic rings. The number of benzene rings is 2. The van der Waals surface area contributed by atoms with Crippen molar-refractivity contribution in [2.75, 3.05) is 18.0 Å². The molecule has 0 N–H and O–H groups in total. The second kappa shape index (κ2) is 5.73. The van der Waals surface area contributed by atoms with Gasteiger partial charge in [0.2, 0.25) is 0 Å². The highest BCUT2D eigenvalue weighted by Gasteiger charge is 2.34. The summed E-state index contributed by atoms with van der Waals surface area (Å²) in [7, 11) is 0. The van der Waals surface area contributed by atoms with Crippen molar-refractivity contribution in [3.05, 3.63) is 45.6 Å². The lowest BCUT2D eigenvalue weighted by atomic mass is 10.1. The normalized spacial score (nSPS) is 17.4. The molecule has 6 heteroatoms. The third-order valence-corrected chi connectivity index (χ3v) is 5.86. The molecule has 2 heterocycles. The van der Waals surface area contributed by atoms with Gasteiger partial charge < -0.3 is 4.90 Å². The van der Waals surface area contributed by atoms with Gasteiger partial charge in [0.1, 0.15) is 0 Å². The van der Waals surface area contributed by atoms with Crippen LogP contribution >= 0.6 is 11.3 Å². The molecule has 1 saturated heterocycles. The van der Waals surface area contributed by atoms with E-state index in [4.69, 9.17) is 4.98 Å². The number of anilines is 1. The van der Waals surface area contributed by atoms with E-state index in [2.05, 4.69) is 0 Å². The van der Waals surface area contributed by atoms with Gasteiger partial charge in [0.25, 0.3) is 5.92 Å². The highest BCUT2D eigenvalue weighted by molar-refractivity contribution is 7.21. The third-order valence-electron chi connectivity index (χ3n) is 4.79. The summed E-state index contributed by atoms with van der Waals surface area (Å²) in [6, 6.07) is 7.25. The Hall–Kier alpha value is -2.08. The topological polar surface area (TPSA) is 33.2 Å². The molecule has 2 aliphatic heterocycles. The van der Waals surface area contributed by atoms with E-state index in [1.54, 1.807) is 12.1 Å². The number of halogens is 2. The van der Waals surface area contributed by atoms with Gasteiger partial charge in [-0.15, -0.1) is 11.3 Å². The van der Waals surface area contributed by atoms with Crippen molar-refractivity contribution < 1.29 is 8.78 Å². The summed E-state index contributed by atoms with van der Waals surface area (Å²) in [5, 5.41) is 0. The number of hydrogen-bond acceptors (Lipinski definition) is 4. The number of piperidine rings is 1. The van der Waals surface area contributed by atoms with Gasteiger partial charge in [-0.3, -0.25) is 4.79 Å². The van der Waals surface area contributed by atoms with Crippen molar-refractivity contribution in [3.63, 3.8) is 0 Å². The molecule has 0 unspecified atom stereocenters. The van der Waals surface area contributed by atoms with Gasteiger partial charge in [-0.2, -0.15) is 0 Å². The van der Waals surface area contributed by atoms with E-state index in [1.165, 1.54) is 11.3 Å². The van der Waals surface area contributed by atoms with Gasteiger partial charge in [-0.1, -0.05) is 0 Å². The van der Waals surface area contributed by atoms with Gasteiger partial charge in [0.05, 0.1) is 20.8 Å². The fraction of sp³-hybridized carbons (Fsp3) is 0.368. The molecular formula is C19H18F2N2OS. The Morgan fingerprint density at radius 2 is 1.80 bits per heavy atom. The van der Waals surface area contributed by atoms with Crippen LogP contribution in [0.5, 0.6) is 0 Å². The SMILES string of the molecule is Cc1cc(=O)cc2sc3cc(N4CCC(F)(F)CC4)cc(C)c3nc1-2. The van der Waals surface area contributed by atoms with Gasteiger partial charge in [0, 0.05) is 37.7 Å². The summed E-state index contributed by atoms with van der Waals surface area (Å²) in [4.78, 5) is 19.4. The number of aromatic nitrogens is 1. The predicted octanol–water partition coefficient (Wildman–Crippen LogP) is 4.61. The average molecular weight is 360 g/mol. The molecule has 0 amide bonds. The number of hydrogen-bond donors (Lipinski definition) is 0. The van der Waals surface area contributed by atoms with E-state index in [9.17, 15) is 13.6 Å². The van der Waals surface area contributed by atoms with Gasteiger partial charge in [0.15, 0.2) is 5.43 Å². The van der Waals surface area contributed by atoms with E-state index in [-0.39, 0.29) is 18.3 Å². The van der Waals surface area contributed by atoms with Crippen molar-refractivity contribution in [2.24, 2.45) is 0 Å². The van der Waals surface area contributed by atoms with Crippen LogP contribution in [-0.4, -0.2) is 24.0 Å². The first-order chi connectivity index (χ1) is 11.8. The van der Waals surface area contributed by atoms with E-state index >= 15 is 0 Å². The molecule has 1 aliphatic carbocycles. The molecule has 0 spiro atoms. The van der Waals surface area contributed by atoms with Gasteiger partial charge in [-0.05, 0) is 43.2 Å². The first-order valence-electron chi connectivity index (χ1n) is 8.31. The molecule has 0 bridgehead atoms. The zero-order valence-electron chi connectivity index (χ0n) is 14.1. The monoisotopic (exact) mass is 360 g/mol. The first kappa shape index (κ1) is 16.4. The predicted molar refractivity (Wildman–Crippen MR) is 98.4 cm³/mol. The smallest absolute Gasteiger partial charge is 0.251 e. The van der Waals surface area contributed by atoms with Crippen LogP contribution in [-0.2, 0) is 0 Å². The maximum absolute atomic E-state index is 13.4. The molecule has 130 valence electrons. The highest BCUT2D eigenvalue weighted by atomic mass is 32.1. The number of fused-ring (bicyclic) bond motifs is 2. The number of alkyl halides is 2. The molecule has 3 nitrogen and oxygen atoms in total. The summed E-state index contributed by atoms with van der Waals surface area (Å²) in [5.41, 5.74) is 4.59. The van der Waals surface area contributed by atoms with Crippen LogP contribution in [0.25, 0.3) is 20.8 Å². The Kier molecular flexibility index (Phi) is 3.76. The zero-order valence-corrected chi connectivity index (χ0v) is 14.9. The summed E-state index contributed by atoms with van der Waals surface area (Å²) in [5.74, 6) is -2.55. The fourth-order valence-corrected chi connectivity index (χ4v) is 4.59. The molecule has 0 aromatic heterocycles. The molecule has 0 saturated carbocycles. The number of rotatable bonds is 1. The highest BCUT2D eigenvalue weighted by Crippen LogP contribution is 2.37. The Morgan fingerprint density at radius 1 is 1.08 bits per heavy atom. The summed E-state index contributed by atoms with van der Waals surface area (Å²) in [6.45, 7) is 4.60. The maximum Gasteiger partial charge on any atom is 0.251 e. The van der Waals surface area contributed by atoms with E-state index in [0.717, 1.165) is 37.6 Å². The maximum atomic E-state index is 13.4. The van der Waals surface area contributed by atoms with Gasteiger partial charge in [-0.25, -0.2) is 13.8 Å².